The first kappa shape index (κ1) is 10.7. The summed E-state index contributed by atoms with van der Waals surface area (Å²) < 4.78 is 10.3. The second-order valence-corrected chi connectivity index (χ2v) is 3.11. The second-order valence-electron chi connectivity index (χ2n) is 2.59. The molecule has 0 bridgehead atoms. The average Bonchev–Trinajstić information content (AvgIpc) is 2.26. The molecule has 1 aromatic rings. The fourth-order valence-electron chi connectivity index (χ4n) is 0.898. The van der Waals surface area contributed by atoms with Crippen molar-refractivity contribution in [2.24, 2.45) is 0 Å². The molecule has 0 aliphatic heterocycles. The van der Waals surface area contributed by atoms with Gasteiger partial charge < -0.3 is 9.47 Å². The molecule has 0 amide bonds. The van der Waals surface area contributed by atoms with Gasteiger partial charge in [0.2, 0.25) is 0 Å². The zero-order valence-corrected chi connectivity index (χ0v) is 8.49. The molecule has 0 radical (unpaired) electrons. The van der Waals surface area contributed by atoms with Gasteiger partial charge >= 0.3 is 0 Å². The van der Waals surface area contributed by atoms with Crippen LogP contribution in [0, 0.1) is 11.3 Å². The van der Waals surface area contributed by atoms with E-state index < -0.39 is 5.38 Å². The molecule has 14 heavy (non-hydrogen) atoms. The SMILES string of the molecule is COc1cccc(OCC(Cl)C#N)c1. The van der Waals surface area contributed by atoms with Crippen LogP contribution in [0.5, 0.6) is 11.5 Å². The molecular weight excluding hydrogens is 202 g/mol. The van der Waals surface area contributed by atoms with Gasteiger partial charge in [-0.15, -0.1) is 11.6 Å². The van der Waals surface area contributed by atoms with Crippen molar-refractivity contribution in [1.82, 2.24) is 0 Å². The summed E-state index contributed by atoms with van der Waals surface area (Å²) in [6, 6.07) is 9.02. The number of nitriles is 1. The number of rotatable bonds is 4. The molecule has 3 nitrogen and oxygen atoms in total. The van der Waals surface area contributed by atoms with Gasteiger partial charge in [0.25, 0.3) is 0 Å². The molecule has 0 spiro atoms. The Morgan fingerprint density at radius 3 is 2.86 bits per heavy atom. The highest BCUT2D eigenvalue weighted by atomic mass is 35.5. The predicted molar refractivity (Wildman–Crippen MR) is 53.7 cm³/mol. The minimum Gasteiger partial charge on any atom is -0.497 e. The second kappa shape index (κ2) is 5.36. The van der Waals surface area contributed by atoms with Gasteiger partial charge in [0.15, 0.2) is 5.38 Å². The monoisotopic (exact) mass is 211 g/mol. The number of ether oxygens (including phenoxy) is 2. The number of hydrogen-bond acceptors (Lipinski definition) is 3. The lowest BCUT2D eigenvalue weighted by Gasteiger charge is -2.07. The van der Waals surface area contributed by atoms with Crippen molar-refractivity contribution in [3.05, 3.63) is 24.3 Å². The maximum absolute atomic E-state index is 8.43. The molecule has 0 aliphatic rings. The Kier molecular flexibility index (Phi) is 4.09. The van der Waals surface area contributed by atoms with Gasteiger partial charge in [-0.3, -0.25) is 0 Å². The van der Waals surface area contributed by atoms with E-state index >= 15 is 0 Å². The molecule has 1 unspecified atom stereocenters. The van der Waals surface area contributed by atoms with E-state index in [4.69, 9.17) is 26.3 Å². The third-order valence-electron chi connectivity index (χ3n) is 1.58. The fourth-order valence-corrected chi connectivity index (χ4v) is 0.961. The van der Waals surface area contributed by atoms with Crippen LogP contribution in [-0.4, -0.2) is 19.1 Å². The van der Waals surface area contributed by atoms with Gasteiger partial charge in [-0.2, -0.15) is 5.26 Å². The first-order chi connectivity index (χ1) is 6.76. The Hall–Kier alpha value is -1.40. The van der Waals surface area contributed by atoms with Crippen LogP contribution in [-0.2, 0) is 0 Å². The Labute approximate surface area is 87.8 Å². The number of hydrogen-bond donors (Lipinski definition) is 0. The van der Waals surface area contributed by atoms with E-state index in [0.29, 0.717) is 11.5 Å². The van der Waals surface area contributed by atoms with Crippen molar-refractivity contribution in [2.45, 2.75) is 5.38 Å². The van der Waals surface area contributed by atoms with Crippen molar-refractivity contribution in [1.29, 1.82) is 5.26 Å². The highest BCUT2D eigenvalue weighted by Gasteiger charge is 2.03. The van der Waals surface area contributed by atoms with Crippen LogP contribution in [0.4, 0.5) is 0 Å². The van der Waals surface area contributed by atoms with Gasteiger partial charge in [0, 0.05) is 6.07 Å². The van der Waals surface area contributed by atoms with Crippen LogP contribution < -0.4 is 9.47 Å². The smallest absolute Gasteiger partial charge is 0.154 e. The van der Waals surface area contributed by atoms with Crippen LogP contribution in [0.1, 0.15) is 0 Å². The van der Waals surface area contributed by atoms with E-state index in [1.165, 1.54) is 0 Å². The van der Waals surface area contributed by atoms with E-state index in [-0.39, 0.29) is 6.61 Å². The molecule has 0 saturated heterocycles. The third-order valence-corrected chi connectivity index (χ3v) is 1.80. The maximum Gasteiger partial charge on any atom is 0.154 e. The number of halogens is 1. The number of methoxy groups -OCH3 is 1. The Bertz CT molecular complexity index is 335. The molecular formula is C10H10ClNO2. The summed E-state index contributed by atoms with van der Waals surface area (Å²) in [5.41, 5.74) is 0. The minimum atomic E-state index is -0.624. The maximum atomic E-state index is 8.43. The number of benzene rings is 1. The minimum absolute atomic E-state index is 0.172. The lowest BCUT2D eigenvalue weighted by molar-refractivity contribution is 0.325. The molecule has 0 fully saturated rings. The summed E-state index contributed by atoms with van der Waals surface area (Å²) >= 11 is 5.57. The van der Waals surface area contributed by atoms with Gasteiger partial charge in [-0.05, 0) is 12.1 Å². The van der Waals surface area contributed by atoms with Gasteiger partial charge in [-0.1, -0.05) is 6.07 Å². The molecule has 74 valence electrons. The van der Waals surface area contributed by atoms with Crippen molar-refractivity contribution in [2.75, 3.05) is 13.7 Å². The lowest BCUT2D eigenvalue weighted by Crippen LogP contribution is -2.08. The van der Waals surface area contributed by atoms with Gasteiger partial charge in [0.05, 0.1) is 13.2 Å². The standard InChI is InChI=1S/C10H10ClNO2/c1-13-9-3-2-4-10(5-9)14-7-8(11)6-12/h2-5,8H,7H2,1H3. The van der Waals surface area contributed by atoms with Crippen LogP contribution in [0.25, 0.3) is 0 Å². The molecule has 0 heterocycles. The molecule has 0 aromatic heterocycles. The fraction of sp³-hybridized carbons (Fsp3) is 0.300. The molecule has 0 saturated carbocycles. The summed E-state index contributed by atoms with van der Waals surface area (Å²) in [6.45, 7) is 0.172. The Balaban J connectivity index is 2.55. The summed E-state index contributed by atoms with van der Waals surface area (Å²) in [7, 11) is 1.58. The van der Waals surface area contributed by atoms with Crippen molar-refractivity contribution in [3.63, 3.8) is 0 Å². The van der Waals surface area contributed by atoms with E-state index in [1.54, 1.807) is 19.2 Å². The van der Waals surface area contributed by atoms with Crippen LogP contribution in [0.15, 0.2) is 24.3 Å². The van der Waals surface area contributed by atoms with Gasteiger partial charge in [-0.25, -0.2) is 0 Å². The highest BCUT2D eigenvalue weighted by Crippen LogP contribution is 2.19. The van der Waals surface area contributed by atoms with Crippen molar-refractivity contribution >= 4 is 11.6 Å². The summed E-state index contributed by atoms with van der Waals surface area (Å²) in [5, 5.41) is 7.80. The number of alkyl halides is 1. The molecule has 1 rings (SSSR count). The average molecular weight is 212 g/mol. The van der Waals surface area contributed by atoms with E-state index in [2.05, 4.69) is 0 Å². The summed E-state index contributed by atoms with van der Waals surface area (Å²) in [6.07, 6.45) is 0. The summed E-state index contributed by atoms with van der Waals surface area (Å²) in [5.74, 6) is 1.36. The normalized spacial score (nSPS) is 11.5. The third kappa shape index (κ3) is 3.15. The van der Waals surface area contributed by atoms with Crippen LogP contribution in [0.3, 0.4) is 0 Å². The molecule has 0 N–H and O–H groups in total. The van der Waals surface area contributed by atoms with E-state index in [1.807, 2.05) is 18.2 Å². The van der Waals surface area contributed by atoms with Crippen LogP contribution in [0.2, 0.25) is 0 Å². The Morgan fingerprint density at radius 2 is 2.21 bits per heavy atom. The zero-order valence-electron chi connectivity index (χ0n) is 7.74. The van der Waals surface area contributed by atoms with Crippen LogP contribution >= 0.6 is 11.6 Å². The molecule has 4 heteroatoms. The highest BCUT2D eigenvalue weighted by molar-refractivity contribution is 6.22. The summed E-state index contributed by atoms with van der Waals surface area (Å²) in [4.78, 5) is 0. The predicted octanol–water partition coefficient (Wildman–Crippen LogP) is 2.20. The quantitative estimate of drug-likeness (QED) is 0.717. The van der Waals surface area contributed by atoms with Crippen molar-refractivity contribution in [3.8, 4) is 17.6 Å². The molecule has 1 aromatic carbocycles. The Morgan fingerprint density at radius 1 is 1.50 bits per heavy atom. The lowest BCUT2D eigenvalue weighted by atomic mass is 10.3. The van der Waals surface area contributed by atoms with Crippen molar-refractivity contribution < 1.29 is 9.47 Å². The zero-order chi connectivity index (χ0) is 10.4. The molecule has 0 aliphatic carbocycles. The first-order valence-corrected chi connectivity index (χ1v) is 4.50. The molecule has 1 atom stereocenters. The number of nitrogens with zero attached hydrogens (tertiary/aromatic N) is 1. The van der Waals surface area contributed by atoms with Gasteiger partial charge in [0.1, 0.15) is 18.1 Å². The van der Waals surface area contributed by atoms with E-state index in [9.17, 15) is 0 Å². The topological polar surface area (TPSA) is 42.2 Å². The first-order valence-electron chi connectivity index (χ1n) is 4.07. The van der Waals surface area contributed by atoms with E-state index in [0.717, 1.165) is 0 Å². The largest absolute Gasteiger partial charge is 0.497 e.